The Morgan fingerprint density at radius 3 is 2.35 bits per heavy atom. The Bertz CT molecular complexity index is 536. The van der Waals surface area contributed by atoms with E-state index in [1.165, 1.54) is 5.56 Å². The minimum atomic E-state index is -0.280. The molecular weight excluding hydrogens is 310 g/mol. The Hall–Kier alpha value is -1.82. The van der Waals surface area contributed by atoms with Crippen molar-refractivity contribution >= 4 is 23.2 Å². The number of hydrazine groups is 1. The highest BCUT2D eigenvalue weighted by atomic mass is 32.1. The predicted molar refractivity (Wildman–Crippen MR) is 97.5 cm³/mol. The van der Waals surface area contributed by atoms with Crippen LogP contribution in [0.25, 0.3) is 0 Å². The average molecular weight is 337 g/mol. The van der Waals surface area contributed by atoms with Crippen LogP contribution in [0.15, 0.2) is 12.1 Å². The maximum absolute atomic E-state index is 11.8. The normalized spacial score (nSPS) is 10.3. The lowest BCUT2D eigenvalue weighted by Gasteiger charge is -2.14. The van der Waals surface area contributed by atoms with Crippen molar-refractivity contribution in [2.75, 3.05) is 13.2 Å². The Morgan fingerprint density at radius 1 is 1.17 bits per heavy atom. The van der Waals surface area contributed by atoms with Gasteiger partial charge in [0.25, 0.3) is 5.91 Å². The summed E-state index contributed by atoms with van der Waals surface area (Å²) in [7, 11) is 0. The second kappa shape index (κ2) is 9.35. The molecule has 0 spiro atoms. The van der Waals surface area contributed by atoms with Crippen LogP contribution in [0.3, 0.4) is 0 Å². The first-order valence-electron chi connectivity index (χ1n) is 7.83. The largest absolute Gasteiger partial charge is 0.483 e. The summed E-state index contributed by atoms with van der Waals surface area (Å²) in [5.41, 5.74) is 8.42. The van der Waals surface area contributed by atoms with E-state index in [4.69, 9.17) is 17.0 Å². The molecule has 0 saturated heterocycles. The van der Waals surface area contributed by atoms with E-state index in [1.54, 1.807) is 0 Å². The number of carbonyl (C=O) groups is 1. The minimum absolute atomic E-state index is 0.0631. The third-order valence-electron chi connectivity index (χ3n) is 3.27. The van der Waals surface area contributed by atoms with E-state index in [0.29, 0.717) is 11.0 Å². The third-order valence-corrected chi connectivity index (χ3v) is 3.52. The van der Waals surface area contributed by atoms with Crippen molar-refractivity contribution in [3.63, 3.8) is 0 Å². The molecule has 0 fully saturated rings. The van der Waals surface area contributed by atoms with Gasteiger partial charge in [0.2, 0.25) is 0 Å². The van der Waals surface area contributed by atoms with Crippen LogP contribution in [-0.2, 0) is 4.79 Å². The lowest BCUT2D eigenvalue weighted by molar-refractivity contribution is -0.123. The van der Waals surface area contributed by atoms with Crippen molar-refractivity contribution in [2.45, 2.75) is 41.0 Å². The number of benzene rings is 1. The smallest absolute Gasteiger partial charge is 0.276 e. The van der Waals surface area contributed by atoms with Crippen molar-refractivity contribution in [1.29, 1.82) is 0 Å². The van der Waals surface area contributed by atoms with Crippen LogP contribution < -0.4 is 20.9 Å². The zero-order valence-electron chi connectivity index (χ0n) is 14.6. The fourth-order valence-electron chi connectivity index (χ4n) is 2.21. The van der Waals surface area contributed by atoms with Crippen LogP contribution in [-0.4, -0.2) is 24.2 Å². The molecule has 0 saturated carbocycles. The zero-order valence-corrected chi connectivity index (χ0v) is 15.4. The molecule has 1 amide bonds. The van der Waals surface area contributed by atoms with Gasteiger partial charge in [-0.05, 0) is 56.5 Å². The molecule has 1 aromatic carbocycles. The molecule has 0 radical (unpaired) electrons. The number of ether oxygens (including phenoxy) is 1. The van der Waals surface area contributed by atoms with Gasteiger partial charge >= 0.3 is 0 Å². The molecule has 0 aliphatic heterocycles. The number of thiocarbonyl (C=S) groups is 1. The average Bonchev–Trinajstić information content (AvgIpc) is 2.43. The van der Waals surface area contributed by atoms with Gasteiger partial charge in [-0.2, -0.15) is 0 Å². The van der Waals surface area contributed by atoms with Crippen LogP contribution >= 0.6 is 12.2 Å². The summed E-state index contributed by atoms with van der Waals surface area (Å²) in [5.74, 6) is 1.08. The van der Waals surface area contributed by atoms with Crippen LogP contribution in [0.5, 0.6) is 5.75 Å². The standard InChI is InChI=1S/C17H27N3O2S/c1-11(2)6-7-18-17(23)20-19-15(21)10-22-16-13(4)8-12(3)9-14(16)5/h8-9,11H,6-7,10H2,1-5H3,(H,19,21)(H2,18,20,23). The lowest BCUT2D eigenvalue weighted by Crippen LogP contribution is -2.48. The lowest BCUT2D eigenvalue weighted by atomic mass is 10.1. The highest BCUT2D eigenvalue weighted by molar-refractivity contribution is 7.80. The minimum Gasteiger partial charge on any atom is -0.483 e. The molecule has 0 unspecified atom stereocenters. The molecule has 5 nitrogen and oxygen atoms in total. The molecule has 6 heteroatoms. The number of aryl methyl sites for hydroxylation is 3. The first kappa shape index (κ1) is 19.2. The number of carbonyl (C=O) groups excluding carboxylic acids is 1. The van der Waals surface area contributed by atoms with Gasteiger partial charge in [-0.1, -0.05) is 31.5 Å². The van der Waals surface area contributed by atoms with Gasteiger partial charge in [0.1, 0.15) is 5.75 Å². The van der Waals surface area contributed by atoms with Crippen LogP contribution in [0.2, 0.25) is 0 Å². The van der Waals surface area contributed by atoms with E-state index < -0.39 is 0 Å². The number of hydrogen-bond donors (Lipinski definition) is 3. The van der Waals surface area contributed by atoms with E-state index in [0.717, 1.165) is 29.8 Å². The van der Waals surface area contributed by atoms with Gasteiger partial charge in [-0.25, -0.2) is 0 Å². The second-order valence-electron chi connectivity index (χ2n) is 6.13. The van der Waals surface area contributed by atoms with Crippen molar-refractivity contribution in [2.24, 2.45) is 5.92 Å². The topological polar surface area (TPSA) is 62.4 Å². The van der Waals surface area contributed by atoms with E-state index in [2.05, 4.69) is 30.0 Å². The molecule has 0 atom stereocenters. The molecule has 23 heavy (non-hydrogen) atoms. The Morgan fingerprint density at radius 2 is 1.78 bits per heavy atom. The first-order valence-corrected chi connectivity index (χ1v) is 8.23. The van der Waals surface area contributed by atoms with Gasteiger partial charge in [-0.3, -0.25) is 15.6 Å². The fourth-order valence-corrected chi connectivity index (χ4v) is 2.37. The molecule has 0 aliphatic rings. The maximum atomic E-state index is 11.8. The van der Waals surface area contributed by atoms with Gasteiger partial charge < -0.3 is 10.1 Å². The monoisotopic (exact) mass is 337 g/mol. The molecule has 0 aromatic heterocycles. The SMILES string of the molecule is Cc1cc(C)c(OCC(=O)NNC(=S)NCCC(C)C)c(C)c1. The number of amides is 1. The molecule has 128 valence electrons. The molecule has 0 aliphatic carbocycles. The molecule has 3 N–H and O–H groups in total. The summed E-state index contributed by atoms with van der Waals surface area (Å²) < 4.78 is 5.61. The summed E-state index contributed by atoms with van der Waals surface area (Å²) in [6.07, 6.45) is 1.02. The van der Waals surface area contributed by atoms with Crippen molar-refractivity contribution in [3.8, 4) is 5.75 Å². The fraction of sp³-hybridized carbons (Fsp3) is 0.529. The van der Waals surface area contributed by atoms with Gasteiger partial charge in [-0.15, -0.1) is 0 Å². The van der Waals surface area contributed by atoms with E-state index in [1.807, 2.05) is 32.9 Å². The summed E-state index contributed by atoms with van der Waals surface area (Å²) in [4.78, 5) is 11.8. The van der Waals surface area contributed by atoms with Gasteiger partial charge in [0, 0.05) is 6.54 Å². The number of nitrogens with one attached hydrogen (secondary N) is 3. The highest BCUT2D eigenvalue weighted by Crippen LogP contribution is 2.24. The predicted octanol–water partition coefficient (Wildman–Crippen LogP) is 2.53. The third kappa shape index (κ3) is 7.32. The summed E-state index contributed by atoms with van der Waals surface area (Å²) >= 11 is 5.08. The Kier molecular flexibility index (Phi) is 7.81. The number of rotatable bonds is 6. The van der Waals surface area contributed by atoms with Crippen LogP contribution in [0.4, 0.5) is 0 Å². The molecule has 0 heterocycles. The van der Waals surface area contributed by atoms with Crippen molar-refractivity contribution in [1.82, 2.24) is 16.2 Å². The zero-order chi connectivity index (χ0) is 17.4. The number of hydrogen-bond acceptors (Lipinski definition) is 3. The van der Waals surface area contributed by atoms with Gasteiger partial charge in [0.15, 0.2) is 11.7 Å². The van der Waals surface area contributed by atoms with Crippen molar-refractivity contribution < 1.29 is 9.53 Å². The highest BCUT2D eigenvalue weighted by Gasteiger charge is 2.08. The summed E-state index contributed by atoms with van der Waals surface area (Å²) in [5, 5.41) is 3.44. The van der Waals surface area contributed by atoms with E-state index >= 15 is 0 Å². The second-order valence-corrected chi connectivity index (χ2v) is 6.54. The molecule has 1 rings (SSSR count). The van der Waals surface area contributed by atoms with Gasteiger partial charge in [0.05, 0.1) is 0 Å². The summed E-state index contributed by atoms with van der Waals surface area (Å²) in [6.45, 7) is 11.0. The first-order chi connectivity index (χ1) is 10.8. The van der Waals surface area contributed by atoms with Crippen molar-refractivity contribution in [3.05, 3.63) is 28.8 Å². The van der Waals surface area contributed by atoms with E-state index in [9.17, 15) is 4.79 Å². The summed E-state index contributed by atoms with van der Waals surface area (Å²) in [6, 6.07) is 4.07. The van der Waals surface area contributed by atoms with Crippen LogP contribution in [0, 0.1) is 26.7 Å². The maximum Gasteiger partial charge on any atom is 0.276 e. The quantitative estimate of drug-likeness (QED) is 0.550. The Labute approximate surface area is 144 Å². The Balaban J connectivity index is 2.34. The van der Waals surface area contributed by atoms with E-state index in [-0.39, 0.29) is 12.5 Å². The molecular formula is C17H27N3O2S. The molecule has 1 aromatic rings. The molecule has 0 bridgehead atoms. The van der Waals surface area contributed by atoms with Crippen LogP contribution in [0.1, 0.15) is 37.0 Å².